The van der Waals surface area contributed by atoms with Crippen molar-refractivity contribution in [1.29, 1.82) is 0 Å². The van der Waals surface area contributed by atoms with Gasteiger partial charge in [-0.25, -0.2) is 0 Å². The number of carbonyl (C=O) groups excluding carboxylic acids is 1. The molecule has 0 bridgehead atoms. The van der Waals surface area contributed by atoms with Crippen molar-refractivity contribution in [2.45, 2.75) is 73.4 Å². The Balaban J connectivity index is 0.00000301. The van der Waals surface area contributed by atoms with Crippen LogP contribution >= 0.6 is 0 Å². The molecule has 0 spiro atoms. The van der Waals surface area contributed by atoms with Crippen LogP contribution in [0.4, 0.5) is 0 Å². The lowest BCUT2D eigenvalue weighted by molar-refractivity contribution is -0.108. The van der Waals surface area contributed by atoms with Crippen molar-refractivity contribution in [2.75, 3.05) is 13.1 Å². The fraction of sp³-hybridized carbons (Fsp3) is 0.342. The number of hydrogen-bond acceptors (Lipinski definition) is 3. The number of aryl methyl sites for hydroxylation is 3. The van der Waals surface area contributed by atoms with E-state index in [1.165, 1.54) is 33.4 Å². The molecule has 42 heavy (non-hydrogen) atoms. The van der Waals surface area contributed by atoms with Gasteiger partial charge in [-0.1, -0.05) is 93.6 Å². The summed E-state index contributed by atoms with van der Waals surface area (Å²) in [4.78, 5) is 14.0. The van der Waals surface area contributed by atoms with Gasteiger partial charge in [0, 0.05) is 36.1 Å². The summed E-state index contributed by atoms with van der Waals surface area (Å²) in [5.74, 6) is 0. The molecule has 0 aliphatic rings. The number of carbonyl (C=O) groups is 1. The van der Waals surface area contributed by atoms with E-state index in [0.717, 1.165) is 67.8 Å². The highest BCUT2D eigenvalue weighted by molar-refractivity contribution is 5.83. The number of benzene rings is 3. The molecule has 4 nitrogen and oxygen atoms in total. The Labute approximate surface area is 254 Å². The first-order valence-electron chi connectivity index (χ1n) is 14.9. The van der Waals surface area contributed by atoms with Gasteiger partial charge in [0.1, 0.15) is 0 Å². The van der Waals surface area contributed by atoms with Gasteiger partial charge in [-0.3, -0.25) is 4.79 Å². The zero-order valence-corrected chi connectivity index (χ0v) is 26.5. The van der Waals surface area contributed by atoms with E-state index in [1.807, 2.05) is 6.92 Å². The van der Waals surface area contributed by atoms with E-state index in [-0.39, 0.29) is 6.04 Å². The minimum absolute atomic E-state index is 0.123. The number of nitrogens with one attached hydrogen (secondary N) is 2. The van der Waals surface area contributed by atoms with Gasteiger partial charge in [0.05, 0.1) is 0 Å². The summed E-state index contributed by atoms with van der Waals surface area (Å²) in [5, 5.41) is 6.78. The van der Waals surface area contributed by atoms with E-state index < -0.39 is 0 Å². The Kier molecular flexibility index (Phi) is 14.4. The van der Waals surface area contributed by atoms with Crippen LogP contribution in [-0.2, 0) is 17.8 Å². The summed E-state index contributed by atoms with van der Waals surface area (Å²) in [7, 11) is 0. The van der Waals surface area contributed by atoms with Gasteiger partial charge >= 0.3 is 0 Å². The van der Waals surface area contributed by atoms with E-state index in [4.69, 9.17) is 6.58 Å². The van der Waals surface area contributed by atoms with E-state index in [2.05, 4.69) is 130 Å². The fourth-order valence-electron chi connectivity index (χ4n) is 5.44. The van der Waals surface area contributed by atoms with Crippen molar-refractivity contribution < 1.29 is 4.79 Å². The number of unbranched alkanes of at least 4 members (excludes halogenated alkanes) is 1. The third-order valence-electron chi connectivity index (χ3n) is 7.94. The van der Waals surface area contributed by atoms with Gasteiger partial charge in [0.2, 0.25) is 6.41 Å². The lowest BCUT2D eigenvalue weighted by Crippen LogP contribution is -2.36. The van der Waals surface area contributed by atoms with Crippen molar-refractivity contribution >= 4 is 12.0 Å². The summed E-state index contributed by atoms with van der Waals surface area (Å²) >= 11 is 0. The maximum atomic E-state index is 11.6. The summed E-state index contributed by atoms with van der Waals surface area (Å²) in [5.41, 5.74) is 11.4. The van der Waals surface area contributed by atoms with Crippen LogP contribution in [0.5, 0.6) is 0 Å². The van der Waals surface area contributed by atoms with Crippen LogP contribution in [0.1, 0.15) is 78.6 Å². The molecular formula is C38H49N3O. The second kappa shape index (κ2) is 17.7. The lowest BCUT2D eigenvalue weighted by Gasteiger charge is -2.35. The first kappa shape index (κ1) is 34.1. The average molecular weight is 564 g/mol. The van der Waals surface area contributed by atoms with E-state index in [0.29, 0.717) is 0 Å². The molecule has 0 aliphatic carbocycles. The first-order valence-corrected chi connectivity index (χ1v) is 14.9. The molecule has 3 rings (SSSR count). The minimum atomic E-state index is 0.123. The topological polar surface area (TPSA) is 44.4 Å². The highest BCUT2D eigenvalue weighted by atomic mass is 16.1. The Morgan fingerprint density at radius 3 is 2.19 bits per heavy atom. The summed E-state index contributed by atoms with van der Waals surface area (Å²) in [6, 6.07) is 23.7. The number of amides is 1. The first-order chi connectivity index (χ1) is 20.3. The highest BCUT2D eigenvalue weighted by Crippen LogP contribution is 2.34. The van der Waals surface area contributed by atoms with E-state index >= 15 is 0 Å². The predicted molar refractivity (Wildman–Crippen MR) is 180 cm³/mol. The Hall–Kier alpha value is -4.07. The molecule has 1 amide bonds. The van der Waals surface area contributed by atoms with Crippen LogP contribution in [0.2, 0.25) is 0 Å². The Bertz CT molecular complexity index is 1330. The maximum Gasteiger partial charge on any atom is 0.211 e. The molecule has 0 radical (unpaired) electrons. The second-order valence-electron chi connectivity index (χ2n) is 10.7. The number of nitrogens with zero attached hydrogens (tertiary/aromatic N) is 1. The van der Waals surface area contributed by atoms with Gasteiger partial charge < -0.3 is 15.5 Å². The summed E-state index contributed by atoms with van der Waals surface area (Å²) in [6.07, 6.45) is 12.0. The van der Waals surface area contributed by atoms with Crippen molar-refractivity contribution in [3.05, 3.63) is 124 Å². The van der Waals surface area contributed by atoms with Crippen molar-refractivity contribution in [2.24, 2.45) is 0 Å². The molecule has 3 aromatic carbocycles. The van der Waals surface area contributed by atoms with Crippen molar-refractivity contribution in [3.63, 3.8) is 0 Å². The van der Waals surface area contributed by atoms with E-state index in [1.54, 1.807) is 0 Å². The number of rotatable bonds is 15. The molecular weight excluding hydrogens is 514 g/mol. The van der Waals surface area contributed by atoms with Gasteiger partial charge in [-0.05, 0) is 86.0 Å². The maximum absolute atomic E-state index is 11.6. The van der Waals surface area contributed by atoms with Crippen LogP contribution in [0, 0.1) is 33.6 Å². The highest BCUT2D eigenvalue weighted by Gasteiger charge is 2.24. The third kappa shape index (κ3) is 8.96. The van der Waals surface area contributed by atoms with Crippen LogP contribution in [0.3, 0.4) is 0 Å². The molecule has 4 heteroatoms. The second-order valence-corrected chi connectivity index (χ2v) is 10.7. The molecule has 0 aromatic heterocycles. The SMILES string of the molecule is C#C.C=C(/C(=C(/C)NC=O)c1cccc(CC)c1C)N(Cc1c(C)cccc1C)CC(NCCCC)c1ccccc1. The molecule has 0 aliphatic heterocycles. The number of terminal acetylenes is 1. The van der Waals surface area contributed by atoms with Crippen LogP contribution < -0.4 is 10.6 Å². The quantitative estimate of drug-likeness (QED) is 0.0851. The summed E-state index contributed by atoms with van der Waals surface area (Å²) < 4.78 is 0. The van der Waals surface area contributed by atoms with Crippen molar-refractivity contribution in [1.82, 2.24) is 15.5 Å². The van der Waals surface area contributed by atoms with Gasteiger partial charge in [0.25, 0.3) is 0 Å². The standard InChI is InChI=1S/C36H47N3O.C2H2/c1-8-10-22-37-35(32-18-12-11-13-19-32)24-39(23-34-26(3)16-14-17-27(34)4)30(7)36(29(6)38-25-40)33-21-15-20-31(9-2)28(33)5;1-2/h11-21,25,35,37H,7-10,22-24H2,1-6H3,(H,38,40);1-2H/b36-29+;. The number of allylic oxidation sites excluding steroid dienone is 2. The Morgan fingerprint density at radius 2 is 1.60 bits per heavy atom. The van der Waals surface area contributed by atoms with Crippen LogP contribution in [0.15, 0.2) is 84.7 Å². The molecule has 2 N–H and O–H groups in total. The Morgan fingerprint density at radius 1 is 0.952 bits per heavy atom. The molecule has 0 saturated heterocycles. The third-order valence-corrected chi connectivity index (χ3v) is 7.94. The summed E-state index contributed by atoms with van der Waals surface area (Å²) in [6.45, 7) is 20.0. The average Bonchev–Trinajstić information content (AvgIpc) is 3.00. The largest absolute Gasteiger partial charge is 0.365 e. The molecule has 0 fully saturated rings. The molecule has 222 valence electrons. The van der Waals surface area contributed by atoms with Gasteiger partial charge in [-0.2, -0.15) is 0 Å². The molecule has 1 unspecified atom stereocenters. The van der Waals surface area contributed by atoms with Crippen LogP contribution in [0.25, 0.3) is 5.57 Å². The van der Waals surface area contributed by atoms with Gasteiger partial charge in [0.15, 0.2) is 0 Å². The monoisotopic (exact) mass is 563 g/mol. The fourth-order valence-corrected chi connectivity index (χ4v) is 5.44. The lowest BCUT2D eigenvalue weighted by atomic mass is 9.91. The molecule has 0 saturated carbocycles. The molecule has 3 aromatic rings. The van der Waals surface area contributed by atoms with Gasteiger partial charge in [-0.15, -0.1) is 12.8 Å². The number of hydrogen-bond donors (Lipinski definition) is 2. The zero-order chi connectivity index (χ0) is 31.1. The zero-order valence-electron chi connectivity index (χ0n) is 26.5. The molecule has 1 atom stereocenters. The normalized spacial score (nSPS) is 11.9. The smallest absolute Gasteiger partial charge is 0.211 e. The molecule has 0 heterocycles. The predicted octanol–water partition coefficient (Wildman–Crippen LogP) is 8.05. The van der Waals surface area contributed by atoms with E-state index in [9.17, 15) is 4.79 Å². The minimum Gasteiger partial charge on any atom is -0.365 e. The van der Waals surface area contributed by atoms with Crippen molar-refractivity contribution in [3.8, 4) is 12.8 Å². The van der Waals surface area contributed by atoms with Crippen LogP contribution in [-0.4, -0.2) is 24.4 Å².